The van der Waals surface area contributed by atoms with Gasteiger partial charge in [0.2, 0.25) is 5.95 Å². The summed E-state index contributed by atoms with van der Waals surface area (Å²) in [6, 6.07) is 1.82. The largest absolute Gasteiger partial charge is 0.469 e. The van der Waals surface area contributed by atoms with E-state index < -0.39 is 43.5 Å². The van der Waals surface area contributed by atoms with Gasteiger partial charge in [-0.15, -0.1) is 0 Å². The Labute approximate surface area is 117 Å². The molecule has 0 bridgehead atoms. The van der Waals surface area contributed by atoms with E-state index in [4.69, 9.17) is 0 Å². The van der Waals surface area contributed by atoms with Gasteiger partial charge in [-0.2, -0.15) is 17.6 Å². The average Bonchev–Trinajstić information content (AvgIpc) is 2.41. The Bertz CT molecular complexity index is 519. The summed E-state index contributed by atoms with van der Waals surface area (Å²) in [6.07, 6.45) is -4.07. The molecular weight excluding hydrogens is 296 g/mol. The minimum atomic E-state index is -4.64. The lowest BCUT2D eigenvalue weighted by molar-refractivity contribution is -0.147. The summed E-state index contributed by atoms with van der Waals surface area (Å²) in [4.78, 5) is 26.6. The molecular formula is C12H12F4N2O3. The van der Waals surface area contributed by atoms with Crippen LogP contribution in [0.4, 0.5) is 17.6 Å². The number of amides is 1. The second-order valence-corrected chi connectivity index (χ2v) is 4.04. The van der Waals surface area contributed by atoms with E-state index in [0.29, 0.717) is 4.90 Å². The Balaban J connectivity index is 2.89. The monoisotopic (exact) mass is 308 g/mol. The van der Waals surface area contributed by atoms with Crippen LogP contribution in [0.15, 0.2) is 18.3 Å². The molecule has 1 aromatic heterocycles. The number of carbonyl (C=O) groups excluding carboxylic acids is 2. The molecule has 0 spiro atoms. The zero-order valence-corrected chi connectivity index (χ0v) is 11.0. The van der Waals surface area contributed by atoms with Crippen LogP contribution in [-0.4, -0.2) is 48.1 Å². The van der Waals surface area contributed by atoms with Gasteiger partial charge >= 0.3 is 12.1 Å². The lowest BCUT2D eigenvalue weighted by Crippen LogP contribution is -2.40. The molecule has 0 saturated carbocycles. The Morgan fingerprint density at radius 2 is 2.05 bits per heavy atom. The number of esters is 1. The summed E-state index contributed by atoms with van der Waals surface area (Å²) < 4.78 is 54.6. The summed E-state index contributed by atoms with van der Waals surface area (Å²) >= 11 is 0. The summed E-state index contributed by atoms with van der Waals surface area (Å²) in [5.41, 5.74) is -0.281. The van der Waals surface area contributed by atoms with Crippen LogP contribution in [0.5, 0.6) is 0 Å². The van der Waals surface area contributed by atoms with Crippen molar-refractivity contribution in [3.05, 3.63) is 29.8 Å². The van der Waals surface area contributed by atoms with Crippen LogP contribution < -0.4 is 0 Å². The fraction of sp³-hybridized carbons (Fsp3) is 0.417. The summed E-state index contributed by atoms with van der Waals surface area (Å²) in [6.45, 7) is -2.04. The third-order valence-electron chi connectivity index (χ3n) is 2.44. The van der Waals surface area contributed by atoms with E-state index in [1.807, 2.05) is 0 Å². The minimum absolute atomic E-state index is 0.281. The van der Waals surface area contributed by atoms with Crippen molar-refractivity contribution in [2.24, 2.45) is 0 Å². The first-order chi connectivity index (χ1) is 9.73. The zero-order chi connectivity index (χ0) is 16.0. The maximum atomic E-state index is 12.9. The number of pyridine rings is 1. The normalized spacial score (nSPS) is 11.1. The van der Waals surface area contributed by atoms with Gasteiger partial charge in [0.1, 0.15) is 6.54 Å². The van der Waals surface area contributed by atoms with Crippen molar-refractivity contribution in [1.82, 2.24) is 9.88 Å². The SMILES string of the molecule is COC(=O)CCN(CC(F)(F)F)C(=O)c1ccnc(F)c1. The zero-order valence-electron chi connectivity index (χ0n) is 11.0. The van der Waals surface area contributed by atoms with E-state index in [1.54, 1.807) is 0 Å². The van der Waals surface area contributed by atoms with Crippen LogP contribution in [0, 0.1) is 5.95 Å². The smallest absolute Gasteiger partial charge is 0.406 e. The molecule has 0 aliphatic heterocycles. The van der Waals surface area contributed by atoms with Crippen molar-refractivity contribution in [3.8, 4) is 0 Å². The van der Waals surface area contributed by atoms with Gasteiger partial charge in [-0.3, -0.25) is 9.59 Å². The number of methoxy groups -OCH3 is 1. The Hall–Kier alpha value is -2.19. The Morgan fingerprint density at radius 1 is 1.38 bits per heavy atom. The van der Waals surface area contributed by atoms with E-state index in [0.717, 1.165) is 25.4 Å². The predicted octanol–water partition coefficient (Wildman–Crippen LogP) is 1.79. The van der Waals surface area contributed by atoms with Crippen molar-refractivity contribution in [2.45, 2.75) is 12.6 Å². The number of hydrogen-bond acceptors (Lipinski definition) is 4. The van der Waals surface area contributed by atoms with Gasteiger partial charge in [0, 0.05) is 24.4 Å². The van der Waals surface area contributed by atoms with E-state index >= 15 is 0 Å². The molecule has 1 aromatic rings. The highest BCUT2D eigenvalue weighted by molar-refractivity contribution is 5.94. The molecule has 1 rings (SSSR count). The molecule has 21 heavy (non-hydrogen) atoms. The molecule has 0 atom stereocenters. The van der Waals surface area contributed by atoms with Crippen LogP contribution in [0.1, 0.15) is 16.8 Å². The van der Waals surface area contributed by atoms with Crippen LogP contribution in [0.3, 0.4) is 0 Å². The van der Waals surface area contributed by atoms with Crippen molar-refractivity contribution in [2.75, 3.05) is 20.2 Å². The third-order valence-corrected chi connectivity index (χ3v) is 2.44. The number of aromatic nitrogens is 1. The van der Waals surface area contributed by atoms with Gasteiger partial charge < -0.3 is 9.64 Å². The molecule has 116 valence electrons. The van der Waals surface area contributed by atoms with E-state index in [2.05, 4.69) is 9.72 Å². The highest BCUT2D eigenvalue weighted by atomic mass is 19.4. The number of halogens is 4. The van der Waals surface area contributed by atoms with E-state index in [1.165, 1.54) is 0 Å². The van der Waals surface area contributed by atoms with Gasteiger partial charge in [-0.05, 0) is 6.07 Å². The fourth-order valence-electron chi connectivity index (χ4n) is 1.52. The molecule has 0 radical (unpaired) electrons. The van der Waals surface area contributed by atoms with E-state index in [-0.39, 0.29) is 5.56 Å². The molecule has 9 heteroatoms. The maximum absolute atomic E-state index is 12.9. The van der Waals surface area contributed by atoms with Crippen LogP contribution in [-0.2, 0) is 9.53 Å². The molecule has 1 amide bonds. The van der Waals surface area contributed by atoms with Gasteiger partial charge in [0.05, 0.1) is 13.5 Å². The molecule has 5 nitrogen and oxygen atoms in total. The fourth-order valence-corrected chi connectivity index (χ4v) is 1.52. The topological polar surface area (TPSA) is 59.5 Å². The van der Waals surface area contributed by atoms with Gasteiger partial charge in [0.25, 0.3) is 5.91 Å². The summed E-state index contributed by atoms with van der Waals surface area (Å²) in [5.74, 6) is -2.78. The second kappa shape index (κ2) is 7.00. The first kappa shape index (κ1) is 16.9. The number of ether oxygens (including phenoxy) is 1. The molecule has 0 fully saturated rings. The first-order valence-electron chi connectivity index (χ1n) is 5.77. The van der Waals surface area contributed by atoms with Gasteiger partial charge in [-0.25, -0.2) is 4.98 Å². The second-order valence-electron chi connectivity index (χ2n) is 4.04. The van der Waals surface area contributed by atoms with Crippen LogP contribution >= 0.6 is 0 Å². The Morgan fingerprint density at radius 3 is 2.57 bits per heavy atom. The molecule has 0 aliphatic carbocycles. The average molecular weight is 308 g/mol. The first-order valence-corrected chi connectivity index (χ1v) is 5.77. The van der Waals surface area contributed by atoms with Crippen LogP contribution in [0.2, 0.25) is 0 Å². The molecule has 0 aliphatic rings. The van der Waals surface area contributed by atoms with Crippen molar-refractivity contribution >= 4 is 11.9 Å². The molecule has 0 N–H and O–H groups in total. The van der Waals surface area contributed by atoms with Crippen molar-refractivity contribution in [3.63, 3.8) is 0 Å². The lowest BCUT2D eigenvalue weighted by Gasteiger charge is -2.23. The molecule has 1 heterocycles. The summed E-state index contributed by atoms with van der Waals surface area (Å²) in [5, 5.41) is 0. The molecule has 0 saturated heterocycles. The maximum Gasteiger partial charge on any atom is 0.406 e. The molecule has 0 aromatic carbocycles. The number of alkyl halides is 3. The van der Waals surface area contributed by atoms with E-state index in [9.17, 15) is 27.2 Å². The highest BCUT2D eigenvalue weighted by Crippen LogP contribution is 2.18. The van der Waals surface area contributed by atoms with Crippen LogP contribution in [0.25, 0.3) is 0 Å². The van der Waals surface area contributed by atoms with Crippen molar-refractivity contribution < 1.29 is 31.9 Å². The summed E-state index contributed by atoms with van der Waals surface area (Å²) in [7, 11) is 1.08. The number of rotatable bonds is 5. The molecule has 0 unspecified atom stereocenters. The minimum Gasteiger partial charge on any atom is -0.469 e. The van der Waals surface area contributed by atoms with Gasteiger partial charge in [0.15, 0.2) is 0 Å². The lowest BCUT2D eigenvalue weighted by atomic mass is 10.2. The number of nitrogens with zero attached hydrogens (tertiary/aromatic N) is 2. The third kappa shape index (κ3) is 5.76. The highest BCUT2D eigenvalue weighted by Gasteiger charge is 2.33. The predicted molar refractivity (Wildman–Crippen MR) is 62.8 cm³/mol. The Kier molecular flexibility index (Phi) is 5.62. The quantitative estimate of drug-likeness (QED) is 0.473. The van der Waals surface area contributed by atoms with Crippen molar-refractivity contribution in [1.29, 1.82) is 0 Å². The standard InChI is InChI=1S/C12H12F4N2O3/c1-21-10(19)3-5-18(7-12(14,15)16)11(20)8-2-4-17-9(13)6-8/h2,4,6H,3,5,7H2,1H3. The number of carbonyl (C=O) groups is 2. The van der Waals surface area contributed by atoms with Gasteiger partial charge in [-0.1, -0.05) is 0 Å². The number of hydrogen-bond donors (Lipinski definition) is 0.